The summed E-state index contributed by atoms with van der Waals surface area (Å²) < 4.78 is 11.3. The number of fused-ring (bicyclic) bond motifs is 1. The number of carbonyl (C=O) groups is 4. The maximum atomic E-state index is 12.7. The number of ether oxygens (including phenoxy) is 2. The largest absolute Gasteiger partial charge is 0.491 e. The summed E-state index contributed by atoms with van der Waals surface area (Å²) in [4.78, 5) is 49.5. The van der Waals surface area contributed by atoms with Crippen LogP contribution in [0.1, 0.15) is 44.5 Å². The molecule has 10 heteroatoms. The molecule has 3 amide bonds. The van der Waals surface area contributed by atoms with Gasteiger partial charge in [0.05, 0.1) is 30.2 Å². The second kappa shape index (κ2) is 10.3. The Morgan fingerprint density at radius 2 is 1.84 bits per heavy atom. The molecule has 0 spiro atoms. The summed E-state index contributed by atoms with van der Waals surface area (Å²) in [5, 5.41) is 17.0. The average Bonchev–Trinajstić information content (AvgIpc) is 2.67. The van der Waals surface area contributed by atoms with Gasteiger partial charge in [0.15, 0.2) is 0 Å². The molecule has 4 N–H and O–H groups in total. The van der Waals surface area contributed by atoms with E-state index >= 15 is 0 Å². The van der Waals surface area contributed by atoms with Crippen molar-refractivity contribution in [3.8, 4) is 5.75 Å². The maximum Gasteiger partial charge on any atom is 0.326 e. The van der Waals surface area contributed by atoms with E-state index in [0.29, 0.717) is 0 Å². The summed E-state index contributed by atoms with van der Waals surface area (Å²) in [5.41, 5.74) is -0.429. The van der Waals surface area contributed by atoms with E-state index in [2.05, 4.69) is 16.0 Å². The second-order valence-electron chi connectivity index (χ2n) is 8.33. The number of amides is 3. The van der Waals surface area contributed by atoms with Crippen LogP contribution in [0.3, 0.4) is 0 Å². The van der Waals surface area contributed by atoms with Crippen LogP contribution in [0.5, 0.6) is 5.75 Å². The maximum absolute atomic E-state index is 12.7. The van der Waals surface area contributed by atoms with Gasteiger partial charge in [-0.1, -0.05) is 12.1 Å². The Hall–Kier alpha value is -3.14. The van der Waals surface area contributed by atoms with Gasteiger partial charge in [-0.15, -0.1) is 0 Å². The Morgan fingerprint density at radius 1 is 1.16 bits per heavy atom. The minimum absolute atomic E-state index is 0.0547. The van der Waals surface area contributed by atoms with Gasteiger partial charge in [0, 0.05) is 0 Å². The molecule has 1 aromatic rings. The summed E-state index contributed by atoms with van der Waals surface area (Å²) in [7, 11) is 0. The molecule has 10 nitrogen and oxygen atoms in total. The van der Waals surface area contributed by atoms with Crippen molar-refractivity contribution in [2.45, 2.75) is 57.8 Å². The zero-order valence-electron chi connectivity index (χ0n) is 18.1. The minimum Gasteiger partial charge on any atom is -0.491 e. The Labute approximate surface area is 180 Å². The molecule has 3 atom stereocenters. The van der Waals surface area contributed by atoms with Gasteiger partial charge in [-0.3, -0.25) is 14.4 Å². The molecule has 0 saturated carbocycles. The average molecular weight is 435 g/mol. The third-order valence-corrected chi connectivity index (χ3v) is 4.34. The predicted octanol–water partition coefficient (Wildman–Crippen LogP) is 0.457. The summed E-state index contributed by atoms with van der Waals surface area (Å²) in [5.74, 6) is -3.03. The molecule has 0 aliphatic carbocycles. The molecule has 1 aliphatic rings. The molecule has 0 bridgehead atoms. The molecular formula is C21H29N3O7. The summed E-state index contributed by atoms with van der Waals surface area (Å²) >= 11 is 0. The van der Waals surface area contributed by atoms with Crippen molar-refractivity contribution < 1.29 is 33.8 Å². The van der Waals surface area contributed by atoms with Crippen molar-refractivity contribution in [2.24, 2.45) is 0 Å². The van der Waals surface area contributed by atoms with E-state index in [9.17, 15) is 24.3 Å². The van der Waals surface area contributed by atoms with Crippen LogP contribution in [0.25, 0.3) is 0 Å². The van der Waals surface area contributed by atoms with Crippen LogP contribution in [-0.4, -0.2) is 65.7 Å². The zero-order chi connectivity index (χ0) is 23.2. The highest BCUT2D eigenvalue weighted by Crippen LogP contribution is 2.19. The number of benzene rings is 1. The highest BCUT2D eigenvalue weighted by Gasteiger charge is 2.30. The Bertz CT molecular complexity index is 835. The number of hydrogen-bond donors (Lipinski definition) is 4. The van der Waals surface area contributed by atoms with Crippen LogP contribution in [0.15, 0.2) is 24.3 Å². The standard InChI is InChI=1S/C21H29N3O7/c1-12-10-30-16-8-6-5-7-13(16)18(26)24-14(20(28)29)9-17(25)23-15(19(27)22-12)11-31-21(2,3)4/h5-8,12,14-15H,9-11H2,1-4H3,(H,22,27)(H,23,25)(H,24,26)(H,28,29)/t12-,14+,15+/m1/s1. The molecule has 2 rings (SSSR count). The van der Waals surface area contributed by atoms with Crippen molar-refractivity contribution in [3.05, 3.63) is 29.8 Å². The molecule has 170 valence electrons. The monoisotopic (exact) mass is 435 g/mol. The van der Waals surface area contributed by atoms with Gasteiger partial charge in [0.1, 0.15) is 24.4 Å². The Balaban J connectivity index is 2.31. The summed E-state index contributed by atoms with van der Waals surface area (Å²) in [6, 6.07) is 3.35. The molecule has 1 aromatic carbocycles. The van der Waals surface area contributed by atoms with Crippen LogP contribution >= 0.6 is 0 Å². The lowest BCUT2D eigenvalue weighted by Crippen LogP contribution is -2.54. The van der Waals surface area contributed by atoms with Gasteiger partial charge < -0.3 is 30.5 Å². The number of para-hydroxylation sites is 1. The first kappa shape index (κ1) is 24.1. The molecular weight excluding hydrogens is 406 g/mol. The van der Waals surface area contributed by atoms with Crippen molar-refractivity contribution >= 4 is 23.7 Å². The fraction of sp³-hybridized carbons (Fsp3) is 0.524. The zero-order valence-corrected chi connectivity index (χ0v) is 18.1. The SMILES string of the molecule is C[C@@H]1COc2ccccc2C(=O)N[C@H](C(=O)O)CC(=O)N[C@@H](COC(C)(C)C)C(=O)N1. The number of carboxylic acids is 1. The number of hydrogen-bond acceptors (Lipinski definition) is 6. The fourth-order valence-corrected chi connectivity index (χ4v) is 2.77. The van der Waals surface area contributed by atoms with Crippen molar-refractivity contribution in [3.63, 3.8) is 0 Å². The van der Waals surface area contributed by atoms with Crippen molar-refractivity contribution in [2.75, 3.05) is 13.2 Å². The van der Waals surface area contributed by atoms with E-state index in [-0.39, 0.29) is 24.5 Å². The van der Waals surface area contributed by atoms with Gasteiger partial charge >= 0.3 is 5.97 Å². The van der Waals surface area contributed by atoms with Crippen LogP contribution in [0.4, 0.5) is 0 Å². The van der Waals surface area contributed by atoms with E-state index in [1.54, 1.807) is 45.9 Å². The van der Waals surface area contributed by atoms with E-state index < -0.39 is 53.8 Å². The molecule has 1 heterocycles. The second-order valence-corrected chi connectivity index (χ2v) is 8.33. The predicted molar refractivity (Wildman–Crippen MR) is 111 cm³/mol. The Kier molecular flexibility index (Phi) is 7.98. The van der Waals surface area contributed by atoms with Gasteiger partial charge in [-0.25, -0.2) is 4.79 Å². The number of aliphatic carboxylic acids is 1. The number of carboxylic acid groups (broad SMARTS) is 1. The highest BCUT2D eigenvalue weighted by molar-refractivity contribution is 6.00. The van der Waals surface area contributed by atoms with E-state index in [1.165, 1.54) is 6.07 Å². The molecule has 0 saturated heterocycles. The van der Waals surface area contributed by atoms with Gasteiger partial charge in [-0.2, -0.15) is 0 Å². The quantitative estimate of drug-likeness (QED) is 0.540. The number of rotatable bonds is 3. The van der Waals surface area contributed by atoms with Crippen LogP contribution < -0.4 is 20.7 Å². The lowest BCUT2D eigenvalue weighted by Gasteiger charge is -2.27. The molecule has 0 fully saturated rings. The topological polar surface area (TPSA) is 143 Å². The third-order valence-electron chi connectivity index (χ3n) is 4.34. The molecule has 0 radical (unpaired) electrons. The lowest BCUT2D eigenvalue weighted by molar-refractivity contribution is -0.141. The highest BCUT2D eigenvalue weighted by atomic mass is 16.5. The molecule has 0 unspecified atom stereocenters. The first-order valence-corrected chi connectivity index (χ1v) is 9.95. The van der Waals surface area contributed by atoms with Crippen LogP contribution in [0, 0.1) is 0 Å². The summed E-state index contributed by atoms with van der Waals surface area (Å²) in [6.07, 6.45) is -0.557. The van der Waals surface area contributed by atoms with Crippen molar-refractivity contribution in [1.82, 2.24) is 16.0 Å². The lowest BCUT2D eigenvalue weighted by atomic mass is 10.1. The van der Waals surface area contributed by atoms with Crippen molar-refractivity contribution in [1.29, 1.82) is 0 Å². The number of carbonyl (C=O) groups excluding carboxylic acids is 3. The van der Waals surface area contributed by atoms with Gasteiger partial charge in [-0.05, 0) is 39.8 Å². The van der Waals surface area contributed by atoms with Crippen LogP contribution in [0.2, 0.25) is 0 Å². The van der Waals surface area contributed by atoms with Gasteiger partial charge in [0.25, 0.3) is 5.91 Å². The van der Waals surface area contributed by atoms with E-state index in [1.807, 2.05) is 0 Å². The van der Waals surface area contributed by atoms with E-state index in [0.717, 1.165) is 0 Å². The molecule has 1 aliphatic heterocycles. The van der Waals surface area contributed by atoms with Gasteiger partial charge in [0.2, 0.25) is 11.8 Å². The fourth-order valence-electron chi connectivity index (χ4n) is 2.77. The van der Waals surface area contributed by atoms with Crippen LogP contribution in [-0.2, 0) is 19.1 Å². The Morgan fingerprint density at radius 3 is 2.48 bits per heavy atom. The first-order valence-electron chi connectivity index (χ1n) is 9.95. The third kappa shape index (κ3) is 7.56. The molecule has 0 aromatic heterocycles. The minimum atomic E-state index is -1.49. The molecule has 31 heavy (non-hydrogen) atoms. The normalized spacial score (nSPS) is 23.4. The number of nitrogens with one attached hydrogen (secondary N) is 3. The van der Waals surface area contributed by atoms with E-state index in [4.69, 9.17) is 9.47 Å². The first-order chi connectivity index (χ1) is 14.5. The smallest absolute Gasteiger partial charge is 0.326 e. The summed E-state index contributed by atoms with van der Waals surface area (Å²) in [6.45, 7) is 7.08.